The molecule has 0 unspecified atom stereocenters. The monoisotopic (exact) mass is 198 g/mol. The van der Waals surface area contributed by atoms with Gasteiger partial charge in [-0.1, -0.05) is 6.07 Å². The fourth-order valence-corrected chi connectivity index (χ4v) is 1.35. The van der Waals surface area contributed by atoms with Crippen molar-refractivity contribution < 1.29 is 4.39 Å². The van der Waals surface area contributed by atoms with E-state index in [1.807, 2.05) is 12.1 Å². The van der Waals surface area contributed by atoms with Crippen molar-refractivity contribution in [3.8, 4) is 17.2 Å². The van der Waals surface area contributed by atoms with Gasteiger partial charge in [-0.05, 0) is 29.8 Å². The van der Waals surface area contributed by atoms with Crippen LogP contribution in [-0.4, -0.2) is 4.98 Å². The fourth-order valence-electron chi connectivity index (χ4n) is 1.35. The minimum atomic E-state index is -0.409. The highest BCUT2D eigenvalue weighted by Gasteiger charge is 2.02. The van der Waals surface area contributed by atoms with Crippen LogP contribution in [0.5, 0.6) is 0 Å². The molecule has 3 heteroatoms. The molecular formula is C12H7FN2. The van der Waals surface area contributed by atoms with Gasteiger partial charge < -0.3 is 0 Å². The van der Waals surface area contributed by atoms with Crippen LogP contribution in [0.1, 0.15) is 5.56 Å². The molecule has 0 spiro atoms. The molecule has 0 saturated heterocycles. The molecule has 72 valence electrons. The van der Waals surface area contributed by atoms with Gasteiger partial charge in [-0.3, -0.25) is 4.98 Å². The van der Waals surface area contributed by atoms with Crippen LogP contribution in [0.15, 0.2) is 42.7 Å². The quantitative estimate of drug-likeness (QED) is 0.706. The largest absolute Gasteiger partial charge is 0.264 e. The fraction of sp³-hybridized carbons (Fsp3) is 0. The van der Waals surface area contributed by atoms with Crippen molar-refractivity contribution in [1.29, 1.82) is 5.26 Å². The first kappa shape index (κ1) is 9.35. The van der Waals surface area contributed by atoms with E-state index in [-0.39, 0.29) is 0 Å². The van der Waals surface area contributed by atoms with Gasteiger partial charge in [-0.2, -0.15) is 5.26 Å². The van der Waals surface area contributed by atoms with Gasteiger partial charge in [0.05, 0.1) is 11.6 Å². The Kier molecular flexibility index (Phi) is 2.42. The zero-order valence-corrected chi connectivity index (χ0v) is 7.81. The molecular weight excluding hydrogens is 191 g/mol. The van der Waals surface area contributed by atoms with Crippen molar-refractivity contribution in [1.82, 2.24) is 4.98 Å². The van der Waals surface area contributed by atoms with E-state index >= 15 is 0 Å². The number of aromatic nitrogens is 1. The molecule has 0 saturated carbocycles. The molecule has 1 aromatic carbocycles. The Hall–Kier alpha value is -2.21. The highest BCUT2D eigenvalue weighted by Crippen LogP contribution is 2.20. The first-order chi connectivity index (χ1) is 7.29. The lowest BCUT2D eigenvalue weighted by molar-refractivity contribution is 0.628. The Morgan fingerprint density at radius 3 is 2.73 bits per heavy atom. The highest BCUT2D eigenvalue weighted by molar-refractivity contribution is 5.64. The number of pyridine rings is 1. The van der Waals surface area contributed by atoms with Crippen molar-refractivity contribution in [2.24, 2.45) is 0 Å². The van der Waals surface area contributed by atoms with E-state index in [0.717, 1.165) is 5.56 Å². The SMILES string of the molecule is N#Cc1cc(F)cc(-c2cccnc2)c1. The Bertz CT molecular complexity index is 515. The number of hydrogen-bond donors (Lipinski definition) is 0. The summed E-state index contributed by atoms with van der Waals surface area (Å²) in [6, 6.07) is 9.74. The van der Waals surface area contributed by atoms with Crippen molar-refractivity contribution >= 4 is 0 Å². The molecule has 0 amide bonds. The molecule has 0 atom stereocenters. The van der Waals surface area contributed by atoms with Gasteiger partial charge in [0.25, 0.3) is 0 Å². The lowest BCUT2D eigenvalue weighted by Gasteiger charge is -2.01. The van der Waals surface area contributed by atoms with E-state index in [9.17, 15) is 4.39 Å². The number of nitrogens with zero attached hydrogens (tertiary/aromatic N) is 2. The molecule has 15 heavy (non-hydrogen) atoms. The molecule has 2 nitrogen and oxygen atoms in total. The van der Waals surface area contributed by atoms with Crippen molar-refractivity contribution in [2.75, 3.05) is 0 Å². The van der Waals surface area contributed by atoms with Crippen molar-refractivity contribution in [3.05, 3.63) is 54.1 Å². The summed E-state index contributed by atoms with van der Waals surface area (Å²) in [5.74, 6) is -0.409. The Morgan fingerprint density at radius 2 is 2.07 bits per heavy atom. The van der Waals surface area contributed by atoms with Gasteiger partial charge in [-0.15, -0.1) is 0 Å². The predicted molar refractivity (Wildman–Crippen MR) is 54.3 cm³/mol. The maximum Gasteiger partial charge on any atom is 0.125 e. The smallest absolute Gasteiger partial charge is 0.125 e. The third-order valence-electron chi connectivity index (χ3n) is 2.02. The summed E-state index contributed by atoms with van der Waals surface area (Å²) in [6.07, 6.45) is 3.28. The number of nitriles is 1. The van der Waals surface area contributed by atoms with Crippen LogP contribution >= 0.6 is 0 Å². The molecule has 0 aliphatic rings. The summed E-state index contributed by atoms with van der Waals surface area (Å²) in [6.45, 7) is 0. The molecule has 0 bridgehead atoms. The first-order valence-corrected chi connectivity index (χ1v) is 4.41. The van der Waals surface area contributed by atoms with E-state index in [0.29, 0.717) is 11.1 Å². The van der Waals surface area contributed by atoms with Gasteiger partial charge in [0, 0.05) is 18.0 Å². The van der Waals surface area contributed by atoms with Crippen LogP contribution in [0, 0.1) is 17.1 Å². The lowest BCUT2D eigenvalue weighted by atomic mass is 10.1. The van der Waals surface area contributed by atoms with Gasteiger partial charge in [0.2, 0.25) is 0 Å². The summed E-state index contributed by atoms with van der Waals surface area (Å²) < 4.78 is 13.1. The minimum absolute atomic E-state index is 0.314. The van der Waals surface area contributed by atoms with E-state index in [2.05, 4.69) is 4.98 Å². The second-order valence-corrected chi connectivity index (χ2v) is 3.08. The summed E-state index contributed by atoms with van der Waals surface area (Å²) in [5, 5.41) is 8.70. The average Bonchev–Trinajstić information content (AvgIpc) is 2.29. The van der Waals surface area contributed by atoms with Crippen molar-refractivity contribution in [3.63, 3.8) is 0 Å². The molecule has 0 N–H and O–H groups in total. The Morgan fingerprint density at radius 1 is 1.20 bits per heavy atom. The summed E-state index contributed by atoms with van der Waals surface area (Å²) in [5.41, 5.74) is 1.78. The second kappa shape index (κ2) is 3.89. The van der Waals surface area contributed by atoms with Gasteiger partial charge >= 0.3 is 0 Å². The molecule has 2 aromatic rings. The molecule has 1 aromatic heterocycles. The van der Waals surface area contributed by atoms with Gasteiger partial charge in [0.1, 0.15) is 5.82 Å². The highest BCUT2D eigenvalue weighted by atomic mass is 19.1. The van der Waals surface area contributed by atoms with E-state index < -0.39 is 5.82 Å². The number of hydrogen-bond acceptors (Lipinski definition) is 2. The minimum Gasteiger partial charge on any atom is -0.264 e. The van der Waals surface area contributed by atoms with Gasteiger partial charge in [0.15, 0.2) is 0 Å². The van der Waals surface area contributed by atoms with Crippen LogP contribution in [-0.2, 0) is 0 Å². The van der Waals surface area contributed by atoms with Crippen LogP contribution in [0.25, 0.3) is 11.1 Å². The Balaban J connectivity index is 2.55. The Labute approximate surface area is 86.6 Å². The van der Waals surface area contributed by atoms with E-state index in [4.69, 9.17) is 5.26 Å². The first-order valence-electron chi connectivity index (χ1n) is 4.41. The summed E-state index contributed by atoms with van der Waals surface area (Å²) in [7, 11) is 0. The van der Waals surface area contributed by atoms with Crippen LogP contribution in [0.4, 0.5) is 4.39 Å². The number of rotatable bonds is 1. The maximum absolute atomic E-state index is 13.1. The second-order valence-electron chi connectivity index (χ2n) is 3.08. The third-order valence-corrected chi connectivity index (χ3v) is 2.02. The molecule has 0 fully saturated rings. The molecule has 0 aliphatic heterocycles. The van der Waals surface area contributed by atoms with E-state index in [1.165, 1.54) is 12.1 Å². The average molecular weight is 198 g/mol. The van der Waals surface area contributed by atoms with Crippen LogP contribution in [0.2, 0.25) is 0 Å². The summed E-state index contributed by atoms with van der Waals surface area (Å²) >= 11 is 0. The normalized spacial score (nSPS) is 9.60. The van der Waals surface area contributed by atoms with Crippen molar-refractivity contribution in [2.45, 2.75) is 0 Å². The number of halogens is 1. The third kappa shape index (κ3) is 2.00. The molecule has 1 heterocycles. The molecule has 0 aliphatic carbocycles. The van der Waals surface area contributed by atoms with E-state index in [1.54, 1.807) is 24.5 Å². The summed E-state index contributed by atoms with van der Waals surface area (Å²) in [4.78, 5) is 3.94. The molecule has 0 radical (unpaired) electrons. The zero-order chi connectivity index (χ0) is 10.7. The van der Waals surface area contributed by atoms with Crippen LogP contribution < -0.4 is 0 Å². The molecule has 2 rings (SSSR count). The zero-order valence-electron chi connectivity index (χ0n) is 7.81. The maximum atomic E-state index is 13.1. The standard InChI is InChI=1S/C12H7FN2/c13-12-5-9(7-14)4-11(6-12)10-2-1-3-15-8-10/h1-6,8H. The lowest BCUT2D eigenvalue weighted by Crippen LogP contribution is -1.84. The topological polar surface area (TPSA) is 36.7 Å². The predicted octanol–water partition coefficient (Wildman–Crippen LogP) is 2.76. The van der Waals surface area contributed by atoms with Crippen LogP contribution in [0.3, 0.4) is 0 Å². The number of benzene rings is 1. The van der Waals surface area contributed by atoms with Gasteiger partial charge in [-0.25, -0.2) is 4.39 Å².